The van der Waals surface area contributed by atoms with E-state index in [1.165, 1.54) is 13.1 Å². The normalized spacial score (nSPS) is 11.2. The minimum absolute atomic E-state index is 0.114. The Bertz CT molecular complexity index is 790. The molecule has 21 heavy (non-hydrogen) atoms. The molecule has 0 radical (unpaired) electrons. The molecule has 0 unspecified atom stereocenters. The van der Waals surface area contributed by atoms with Gasteiger partial charge in [0.25, 0.3) is 14.4 Å². The van der Waals surface area contributed by atoms with E-state index in [9.17, 15) is 13.2 Å². The second-order valence-corrected chi connectivity index (χ2v) is 7.67. The highest BCUT2D eigenvalue weighted by molar-refractivity contribution is 9.10. The van der Waals surface area contributed by atoms with Crippen LogP contribution < -0.4 is 10.0 Å². The van der Waals surface area contributed by atoms with E-state index < -0.39 is 10.0 Å². The van der Waals surface area contributed by atoms with Gasteiger partial charge in [0.05, 0.1) is 0 Å². The molecule has 2 aromatic heterocycles. The van der Waals surface area contributed by atoms with Gasteiger partial charge in [0.2, 0.25) is 11.0 Å². The molecular weight excluding hydrogens is 382 g/mol. The molecule has 0 saturated heterocycles. The lowest BCUT2D eigenvalue weighted by Crippen LogP contribution is -2.13. The van der Waals surface area contributed by atoms with Crippen LogP contribution in [0.1, 0.15) is 12.5 Å². The van der Waals surface area contributed by atoms with Crippen LogP contribution in [0, 0.1) is 6.92 Å². The number of amides is 1. The predicted octanol–water partition coefficient (Wildman–Crippen LogP) is 1.76. The molecule has 1 amide bonds. The molecule has 0 aliphatic heterocycles. The molecule has 0 aliphatic carbocycles. The number of nitrogens with one attached hydrogen (secondary N) is 2. The second kappa shape index (κ2) is 6.03. The van der Waals surface area contributed by atoms with Crippen molar-refractivity contribution in [3.8, 4) is 0 Å². The van der Waals surface area contributed by atoms with Crippen LogP contribution in [0.5, 0.6) is 0 Å². The van der Waals surface area contributed by atoms with E-state index in [-0.39, 0.29) is 21.2 Å². The summed E-state index contributed by atoms with van der Waals surface area (Å²) in [6.07, 6.45) is 1.50. The zero-order chi connectivity index (χ0) is 15.6. The van der Waals surface area contributed by atoms with Gasteiger partial charge in [-0.3, -0.25) is 9.52 Å². The van der Waals surface area contributed by atoms with Gasteiger partial charge in [0, 0.05) is 17.6 Å². The number of pyridine rings is 1. The number of aromatic nitrogens is 3. The number of anilines is 2. The fourth-order valence-electron chi connectivity index (χ4n) is 1.30. The van der Waals surface area contributed by atoms with Gasteiger partial charge in [-0.25, -0.2) is 4.98 Å². The van der Waals surface area contributed by atoms with Crippen LogP contribution in [0.3, 0.4) is 0 Å². The van der Waals surface area contributed by atoms with Crippen LogP contribution in [-0.2, 0) is 14.8 Å². The van der Waals surface area contributed by atoms with Crippen molar-refractivity contribution in [3.63, 3.8) is 0 Å². The van der Waals surface area contributed by atoms with Crippen molar-refractivity contribution in [2.45, 2.75) is 18.2 Å². The smallest absolute Gasteiger partial charge is 0.292 e. The van der Waals surface area contributed by atoms with Crippen molar-refractivity contribution < 1.29 is 13.2 Å². The summed E-state index contributed by atoms with van der Waals surface area (Å²) >= 11 is 4.03. The first-order chi connectivity index (χ1) is 9.78. The summed E-state index contributed by atoms with van der Waals surface area (Å²) in [6, 6.07) is 1.58. The lowest BCUT2D eigenvalue weighted by atomic mass is 10.3. The van der Waals surface area contributed by atoms with Crippen molar-refractivity contribution >= 4 is 54.1 Å². The summed E-state index contributed by atoms with van der Waals surface area (Å²) < 4.78 is 27.1. The number of carbonyl (C=O) groups excluding carboxylic acids is 1. The van der Waals surface area contributed by atoms with Gasteiger partial charge in [-0.15, -0.1) is 10.2 Å². The first-order valence-corrected chi connectivity index (χ1v) is 8.63. The Kier molecular flexibility index (Phi) is 4.54. The van der Waals surface area contributed by atoms with E-state index >= 15 is 0 Å². The van der Waals surface area contributed by atoms with Gasteiger partial charge in [-0.1, -0.05) is 11.3 Å². The Morgan fingerprint density at radius 1 is 1.38 bits per heavy atom. The van der Waals surface area contributed by atoms with Crippen LogP contribution in [0.15, 0.2) is 21.1 Å². The maximum atomic E-state index is 12.1. The highest BCUT2D eigenvalue weighted by atomic mass is 79.9. The van der Waals surface area contributed by atoms with Gasteiger partial charge in [-0.05, 0) is 34.5 Å². The monoisotopic (exact) mass is 391 g/mol. The van der Waals surface area contributed by atoms with Gasteiger partial charge in [-0.2, -0.15) is 8.42 Å². The molecule has 112 valence electrons. The highest BCUT2D eigenvalue weighted by Gasteiger charge is 2.21. The Labute approximate surface area is 133 Å². The number of halogens is 1. The minimum atomic E-state index is -3.89. The van der Waals surface area contributed by atoms with Crippen LogP contribution in [0.2, 0.25) is 0 Å². The number of carbonyl (C=O) groups is 1. The third kappa shape index (κ3) is 3.95. The maximum absolute atomic E-state index is 12.1. The maximum Gasteiger partial charge on any atom is 0.292 e. The molecule has 0 atom stereocenters. The average molecular weight is 392 g/mol. The first-order valence-electron chi connectivity index (χ1n) is 5.54. The Morgan fingerprint density at radius 2 is 2.10 bits per heavy atom. The van der Waals surface area contributed by atoms with Crippen LogP contribution >= 0.6 is 27.3 Å². The third-order valence-electron chi connectivity index (χ3n) is 2.21. The number of sulfonamides is 1. The second-order valence-electron chi connectivity index (χ2n) is 3.98. The summed E-state index contributed by atoms with van der Waals surface area (Å²) in [5.74, 6) is -0.180. The van der Waals surface area contributed by atoms with Crippen molar-refractivity contribution in [1.82, 2.24) is 15.2 Å². The SMILES string of the molecule is CC(=O)Nc1nnc(S(=O)(=O)Nc2cc(C)c(Br)cn2)s1. The van der Waals surface area contributed by atoms with Crippen LogP contribution in [-0.4, -0.2) is 29.5 Å². The van der Waals surface area contributed by atoms with Crippen molar-refractivity contribution in [3.05, 3.63) is 22.3 Å². The molecule has 0 fully saturated rings. The summed E-state index contributed by atoms with van der Waals surface area (Å²) in [5.41, 5.74) is 0.832. The Morgan fingerprint density at radius 3 is 2.71 bits per heavy atom. The number of aryl methyl sites for hydroxylation is 1. The molecule has 0 bridgehead atoms. The molecule has 11 heteroatoms. The van der Waals surface area contributed by atoms with Crippen molar-refractivity contribution in [1.29, 1.82) is 0 Å². The van der Waals surface area contributed by atoms with E-state index in [0.717, 1.165) is 21.4 Å². The predicted molar refractivity (Wildman–Crippen MR) is 81.7 cm³/mol. The van der Waals surface area contributed by atoms with Crippen LogP contribution in [0.25, 0.3) is 0 Å². The molecule has 2 heterocycles. The van der Waals surface area contributed by atoms with Crippen molar-refractivity contribution in [2.75, 3.05) is 10.0 Å². The number of rotatable bonds is 4. The van der Waals surface area contributed by atoms with Crippen molar-refractivity contribution in [2.24, 2.45) is 0 Å². The van der Waals surface area contributed by atoms with Gasteiger partial charge < -0.3 is 5.32 Å². The van der Waals surface area contributed by atoms with Gasteiger partial charge in [0.15, 0.2) is 0 Å². The van der Waals surface area contributed by atoms with E-state index in [1.54, 1.807) is 6.07 Å². The molecule has 0 saturated carbocycles. The lowest BCUT2D eigenvalue weighted by molar-refractivity contribution is -0.114. The molecular formula is C10H10BrN5O3S2. The molecule has 2 rings (SSSR count). The van der Waals surface area contributed by atoms with E-state index in [2.05, 4.69) is 41.2 Å². The van der Waals surface area contributed by atoms with Crippen LogP contribution in [0.4, 0.5) is 10.9 Å². The van der Waals surface area contributed by atoms with Gasteiger partial charge in [0.1, 0.15) is 5.82 Å². The topological polar surface area (TPSA) is 114 Å². The third-order valence-corrected chi connectivity index (χ3v) is 5.60. The highest BCUT2D eigenvalue weighted by Crippen LogP contribution is 2.23. The molecule has 0 aromatic carbocycles. The van der Waals surface area contributed by atoms with E-state index in [0.29, 0.717) is 0 Å². The fourth-order valence-corrected chi connectivity index (χ4v) is 3.46. The zero-order valence-electron chi connectivity index (χ0n) is 10.9. The fraction of sp³-hybridized carbons (Fsp3) is 0.200. The number of hydrogen-bond donors (Lipinski definition) is 2. The molecule has 0 spiro atoms. The molecule has 2 N–H and O–H groups in total. The Hall–Kier alpha value is -1.59. The quantitative estimate of drug-likeness (QED) is 0.767. The average Bonchev–Trinajstić information content (AvgIpc) is 2.82. The largest absolute Gasteiger partial charge is 0.301 e. The number of nitrogens with zero attached hydrogens (tertiary/aromatic N) is 3. The Balaban J connectivity index is 2.23. The lowest BCUT2D eigenvalue weighted by Gasteiger charge is -2.05. The zero-order valence-corrected chi connectivity index (χ0v) is 14.1. The molecule has 8 nitrogen and oxygen atoms in total. The standard InChI is InChI=1S/C10H10BrN5O3S2/c1-5-3-8(12-4-7(5)11)16-21(18,19)10-15-14-9(20-10)13-6(2)17/h3-4H,1-2H3,(H,12,16)(H,13,14,17). The van der Waals surface area contributed by atoms with E-state index in [1.807, 2.05) is 6.92 Å². The summed E-state index contributed by atoms with van der Waals surface area (Å²) in [7, 11) is -3.89. The summed E-state index contributed by atoms with van der Waals surface area (Å²) in [6.45, 7) is 3.10. The number of hydrogen-bond acceptors (Lipinski definition) is 7. The molecule has 0 aliphatic rings. The van der Waals surface area contributed by atoms with Gasteiger partial charge >= 0.3 is 0 Å². The first kappa shape index (κ1) is 15.8. The minimum Gasteiger partial charge on any atom is -0.301 e. The van der Waals surface area contributed by atoms with E-state index in [4.69, 9.17) is 0 Å². The summed E-state index contributed by atoms with van der Waals surface area (Å²) in [4.78, 5) is 14.8. The molecule has 2 aromatic rings. The summed E-state index contributed by atoms with van der Waals surface area (Å²) in [5, 5.41) is 9.61.